The monoisotopic (exact) mass is 400 g/mol. The lowest BCUT2D eigenvalue weighted by atomic mass is 9.79. The number of carbonyl (C=O) groups excluding carboxylic acids is 2. The van der Waals surface area contributed by atoms with Gasteiger partial charge in [-0.1, -0.05) is 11.3 Å². The smallest absolute Gasteiger partial charge is 0.280 e. The van der Waals surface area contributed by atoms with Gasteiger partial charge in [0.2, 0.25) is 11.0 Å². The van der Waals surface area contributed by atoms with E-state index < -0.39 is 0 Å². The predicted octanol–water partition coefficient (Wildman–Crippen LogP) is 3.11. The molecule has 2 N–H and O–H groups in total. The van der Waals surface area contributed by atoms with Crippen LogP contribution in [0.5, 0.6) is 10.8 Å². The number of hydrogen-bond donors (Lipinski definition) is 2. The number of thiazole rings is 1. The molecule has 0 spiro atoms. The zero-order chi connectivity index (χ0) is 19.7. The fraction of sp³-hybridized carbons (Fsp3) is 0.450. The van der Waals surface area contributed by atoms with Gasteiger partial charge < -0.3 is 15.4 Å². The number of piperidine rings is 3. The van der Waals surface area contributed by atoms with Gasteiger partial charge in [-0.25, -0.2) is 4.98 Å². The Kier molecular flexibility index (Phi) is 5.32. The van der Waals surface area contributed by atoms with Gasteiger partial charge in [-0.05, 0) is 63.0 Å². The van der Waals surface area contributed by atoms with Crippen molar-refractivity contribution < 1.29 is 14.3 Å². The highest BCUT2D eigenvalue weighted by molar-refractivity contribution is 7.15. The van der Waals surface area contributed by atoms with Crippen molar-refractivity contribution in [2.45, 2.75) is 38.8 Å². The van der Waals surface area contributed by atoms with E-state index in [1.54, 1.807) is 30.5 Å². The van der Waals surface area contributed by atoms with Crippen molar-refractivity contribution in [1.82, 2.24) is 15.2 Å². The molecular weight excluding hydrogens is 376 g/mol. The van der Waals surface area contributed by atoms with Gasteiger partial charge >= 0.3 is 0 Å². The molecule has 0 radical (unpaired) electrons. The fourth-order valence-corrected chi connectivity index (χ4v) is 4.79. The summed E-state index contributed by atoms with van der Waals surface area (Å²) < 4.78 is 5.78. The molecule has 2 atom stereocenters. The fourth-order valence-electron chi connectivity index (χ4n) is 4.10. The Morgan fingerprint density at radius 1 is 1.21 bits per heavy atom. The number of benzene rings is 1. The minimum Gasteiger partial charge on any atom is -0.445 e. The third-order valence-electron chi connectivity index (χ3n) is 5.55. The van der Waals surface area contributed by atoms with Gasteiger partial charge in [-0.2, -0.15) is 0 Å². The van der Waals surface area contributed by atoms with Gasteiger partial charge in [0.05, 0.1) is 6.20 Å². The van der Waals surface area contributed by atoms with Crippen LogP contribution in [0.2, 0.25) is 0 Å². The summed E-state index contributed by atoms with van der Waals surface area (Å²) in [5.41, 5.74) is 0.705. The Labute approximate surface area is 168 Å². The maximum absolute atomic E-state index is 12.7. The second-order valence-corrected chi connectivity index (χ2v) is 8.40. The highest BCUT2D eigenvalue weighted by atomic mass is 32.1. The molecule has 8 heteroatoms. The van der Waals surface area contributed by atoms with Crippen LogP contribution in [-0.4, -0.2) is 46.9 Å². The quantitative estimate of drug-likeness (QED) is 0.806. The average Bonchev–Trinajstić information content (AvgIpc) is 3.15. The number of nitrogens with one attached hydrogen (secondary N) is 2. The second kappa shape index (κ2) is 7.89. The van der Waals surface area contributed by atoms with Crippen molar-refractivity contribution in [3.05, 3.63) is 35.5 Å². The van der Waals surface area contributed by atoms with Gasteiger partial charge in [0.15, 0.2) is 5.01 Å². The summed E-state index contributed by atoms with van der Waals surface area (Å²) in [6, 6.07) is 7.61. The first kappa shape index (κ1) is 18.9. The number of rotatable bonds is 5. The molecule has 4 heterocycles. The van der Waals surface area contributed by atoms with E-state index in [2.05, 4.69) is 27.4 Å². The Hall–Kier alpha value is -2.45. The van der Waals surface area contributed by atoms with Crippen LogP contribution in [0, 0.1) is 5.92 Å². The maximum atomic E-state index is 12.7. The molecule has 2 aromatic rings. The molecule has 0 aliphatic carbocycles. The largest absolute Gasteiger partial charge is 0.445 e. The molecule has 1 aromatic heterocycles. The summed E-state index contributed by atoms with van der Waals surface area (Å²) in [6.45, 7) is 5.92. The number of ether oxygens (including phenoxy) is 1. The molecule has 2 amide bonds. The Balaban J connectivity index is 1.37. The summed E-state index contributed by atoms with van der Waals surface area (Å²) in [7, 11) is 0. The van der Waals surface area contributed by atoms with Crippen molar-refractivity contribution in [3.63, 3.8) is 0 Å². The third kappa shape index (κ3) is 4.02. The second-order valence-electron chi connectivity index (χ2n) is 7.41. The number of nitrogens with zero attached hydrogens (tertiary/aromatic N) is 2. The minimum atomic E-state index is -0.133. The number of fused-ring (bicyclic) bond motifs is 3. The predicted molar refractivity (Wildman–Crippen MR) is 108 cm³/mol. The molecule has 148 valence electrons. The third-order valence-corrected chi connectivity index (χ3v) is 6.42. The van der Waals surface area contributed by atoms with E-state index in [0.29, 0.717) is 33.5 Å². The van der Waals surface area contributed by atoms with E-state index in [9.17, 15) is 9.59 Å². The van der Waals surface area contributed by atoms with E-state index in [-0.39, 0.29) is 17.9 Å². The van der Waals surface area contributed by atoms with Crippen LogP contribution in [-0.2, 0) is 4.79 Å². The van der Waals surface area contributed by atoms with E-state index in [1.165, 1.54) is 18.3 Å². The summed E-state index contributed by atoms with van der Waals surface area (Å²) in [5.74, 6) is 0.924. The number of aromatic nitrogens is 1. The minimum absolute atomic E-state index is 0.121. The molecule has 3 fully saturated rings. The Bertz CT molecular complexity index is 857. The maximum Gasteiger partial charge on any atom is 0.280 e. The lowest BCUT2D eigenvalue weighted by molar-refractivity contribution is -0.114. The van der Waals surface area contributed by atoms with E-state index in [1.807, 2.05) is 0 Å². The van der Waals surface area contributed by atoms with Crippen LogP contribution in [0.3, 0.4) is 0 Å². The molecule has 2 bridgehead atoms. The molecular formula is C20H24N4O3S. The van der Waals surface area contributed by atoms with Crippen LogP contribution in [0.25, 0.3) is 0 Å². The van der Waals surface area contributed by atoms with Crippen LogP contribution >= 0.6 is 11.3 Å². The van der Waals surface area contributed by atoms with E-state index in [4.69, 9.17) is 4.74 Å². The van der Waals surface area contributed by atoms with Crippen LogP contribution in [0.1, 0.15) is 36.5 Å². The Morgan fingerprint density at radius 3 is 2.57 bits per heavy atom. The van der Waals surface area contributed by atoms with Crippen molar-refractivity contribution in [2.24, 2.45) is 5.92 Å². The highest BCUT2D eigenvalue weighted by Gasteiger charge is 2.40. The lowest BCUT2D eigenvalue weighted by Gasteiger charge is -2.49. The van der Waals surface area contributed by atoms with Gasteiger partial charge in [0.25, 0.3) is 5.91 Å². The van der Waals surface area contributed by atoms with E-state index >= 15 is 0 Å². The van der Waals surface area contributed by atoms with Crippen molar-refractivity contribution in [1.29, 1.82) is 0 Å². The molecule has 3 aliphatic heterocycles. The first-order valence-electron chi connectivity index (χ1n) is 9.56. The number of hydrogen-bond acceptors (Lipinski definition) is 6. The van der Waals surface area contributed by atoms with Crippen molar-refractivity contribution in [3.8, 4) is 10.8 Å². The normalized spacial score (nSPS) is 25.9. The number of carbonyl (C=O) groups is 2. The van der Waals surface area contributed by atoms with Gasteiger partial charge in [-0.3, -0.25) is 14.5 Å². The molecule has 1 aromatic carbocycles. The molecule has 5 rings (SSSR count). The van der Waals surface area contributed by atoms with Crippen molar-refractivity contribution >= 4 is 28.8 Å². The van der Waals surface area contributed by atoms with Crippen LogP contribution in [0.4, 0.5) is 5.69 Å². The molecule has 3 saturated heterocycles. The Morgan fingerprint density at radius 2 is 1.93 bits per heavy atom. The molecule has 0 unspecified atom stereocenters. The molecule has 0 saturated carbocycles. The summed E-state index contributed by atoms with van der Waals surface area (Å²) >= 11 is 1.23. The van der Waals surface area contributed by atoms with Crippen molar-refractivity contribution in [2.75, 3.05) is 18.4 Å². The number of amides is 2. The van der Waals surface area contributed by atoms with E-state index in [0.717, 1.165) is 25.9 Å². The van der Waals surface area contributed by atoms with Crippen LogP contribution in [0.15, 0.2) is 30.5 Å². The topological polar surface area (TPSA) is 83.6 Å². The summed E-state index contributed by atoms with van der Waals surface area (Å²) in [5, 5.41) is 6.86. The first-order valence-corrected chi connectivity index (χ1v) is 10.4. The number of anilines is 1. The average molecular weight is 401 g/mol. The van der Waals surface area contributed by atoms with Gasteiger partial charge in [0.1, 0.15) is 5.75 Å². The van der Waals surface area contributed by atoms with Crippen LogP contribution < -0.4 is 15.4 Å². The molecule has 3 aliphatic rings. The van der Waals surface area contributed by atoms with Gasteiger partial charge in [0, 0.05) is 24.7 Å². The van der Waals surface area contributed by atoms with Gasteiger partial charge in [-0.15, -0.1) is 0 Å². The zero-order valence-corrected chi connectivity index (χ0v) is 16.8. The zero-order valence-electron chi connectivity index (χ0n) is 16.0. The summed E-state index contributed by atoms with van der Waals surface area (Å²) in [6.07, 6.45) is 3.87. The first-order chi connectivity index (χ1) is 13.5. The lowest BCUT2D eigenvalue weighted by Crippen LogP contribution is -2.62. The molecule has 7 nitrogen and oxygen atoms in total. The SMILES string of the molecule is CC(=O)Nc1ccc(Oc2cnc(C(=O)N[C@@H]3C4CCN(CC4)[C@H]3C)s2)cc1. The highest BCUT2D eigenvalue weighted by Crippen LogP contribution is 2.33. The standard InChI is InChI=1S/C20H24N4O3S/c1-12-18(14-7-9-24(12)10-8-14)23-19(26)20-21-11-17(28-20)27-16-5-3-15(4-6-16)22-13(2)25/h3-6,11-12,14,18H,7-10H2,1-2H3,(H,22,25)(H,23,26)/t12-,18-/m0/s1. The molecule has 28 heavy (non-hydrogen) atoms. The summed E-state index contributed by atoms with van der Waals surface area (Å²) in [4.78, 5) is 30.4.